The minimum atomic E-state index is -5.08. The summed E-state index contributed by atoms with van der Waals surface area (Å²) in [6.45, 7) is 3.56. The van der Waals surface area contributed by atoms with E-state index in [1.54, 1.807) is 6.20 Å². The van der Waals surface area contributed by atoms with Crippen LogP contribution < -0.4 is 5.32 Å². The number of hydrogen-bond acceptors (Lipinski definition) is 5. The Hall–Kier alpha value is -2.10. The molecule has 2 N–H and O–H groups in total. The van der Waals surface area contributed by atoms with E-state index < -0.39 is 12.1 Å². The summed E-state index contributed by atoms with van der Waals surface area (Å²) in [5.74, 6) is -3.07. The van der Waals surface area contributed by atoms with Gasteiger partial charge in [-0.05, 0) is 6.92 Å². The molecule has 1 aromatic rings. The fourth-order valence-electron chi connectivity index (χ4n) is 1.63. The zero-order valence-corrected chi connectivity index (χ0v) is 11.3. The Morgan fingerprint density at radius 3 is 2.57 bits per heavy atom. The number of halogens is 3. The van der Waals surface area contributed by atoms with Crippen LogP contribution in [0.2, 0.25) is 0 Å². The number of carboxylic acids is 1. The molecular weight excluding hydrogens is 295 g/mol. The molecule has 1 aromatic heterocycles. The number of carbonyl (C=O) groups is 2. The molecule has 0 spiro atoms. The van der Waals surface area contributed by atoms with Gasteiger partial charge >= 0.3 is 18.1 Å². The van der Waals surface area contributed by atoms with Crippen LogP contribution in [0.15, 0.2) is 6.20 Å². The first kappa shape index (κ1) is 17.0. The number of carbonyl (C=O) groups excluding carboxylic acids is 1. The average Bonchev–Trinajstić information content (AvgIpc) is 2.80. The molecule has 0 bridgehead atoms. The summed E-state index contributed by atoms with van der Waals surface area (Å²) in [5.41, 5.74) is 1.47. The number of alkyl halides is 3. The first-order chi connectivity index (χ1) is 9.66. The van der Waals surface area contributed by atoms with Crippen molar-refractivity contribution >= 4 is 11.9 Å². The van der Waals surface area contributed by atoms with E-state index in [2.05, 4.69) is 22.1 Å². The predicted octanol–water partition coefficient (Wildman–Crippen LogP) is 0.795. The fraction of sp³-hybridized carbons (Fsp3) is 0.545. The number of aliphatic carboxylic acids is 1. The second kappa shape index (κ2) is 6.57. The van der Waals surface area contributed by atoms with Gasteiger partial charge in [-0.25, -0.2) is 9.59 Å². The highest BCUT2D eigenvalue weighted by Crippen LogP contribution is 2.14. The Bertz CT molecular complexity index is 527. The molecule has 7 nitrogen and oxygen atoms in total. The lowest BCUT2D eigenvalue weighted by Gasteiger charge is -2.22. The molecule has 118 valence electrons. The highest BCUT2D eigenvalue weighted by molar-refractivity contribution is 5.90. The molecule has 1 aliphatic rings. The number of ether oxygens (including phenoxy) is 1. The molecule has 0 aromatic carbocycles. The quantitative estimate of drug-likeness (QED) is 0.745. The average molecular weight is 309 g/mol. The lowest BCUT2D eigenvalue weighted by atomic mass is 10.2. The summed E-state index contributed by atoms with van der Waals surface area (Å²) in [6, 6.07) is 0.396. The maximum atomic E-state index is 11.3. The number of carboxylic acid groups (broad SMARTS) is 1. The van der Waals surface area contributed by atoms with Crippen molar-refractivity contribution in [3.8, 4) is 0 Å². The number of esters is 1. The van der Waals surface area contributed by atoms with Crippen molar-refractivity contribution in [2.45, 2.75) is 32.2 Å². The third-order valence-electron chi connectivity index (χ3n) is 2.66. The molecule has 0 saturated carbocycles. The van der Waals surface area contributed by atoms with Crippen molar-refractivity contribution in [1.82, 2.24) is 15.1 Å². The Morgan fingerprint density at radius 2 is 2.10 bits per heavy atom. The van der Waals surface area contributed by atoms with Crippen LogP contribution in [0.25, 0.3) is 0 Å². The number of hydrogen-bond donors (Lipinski definition) is 2. The van der Waals surface area contributed by atoms with Gasteiger partial charge in [-0.3, -0.25) is 4.68 Å². The van der Waals surface area contributed by atoms with Crippen molar-refractivity contribution in [2.24, 2.45) is 0 Å². The molecule has 10 heteroatoms. The van der Waals surface area contributed by atoms with Gasteiger partial charge in [0.15, 0.2) is 0 Å². The summed E-state index contributed by atoms with van der Waals surface area (Å²) in [6.07, 6.45) is -3.51. The van der Waals surface area contributed by atoms with Gasteiger partial charge in [0.1, 0.15) is 5.56 Å². The highest BCUT2D eigenvalue weighted by atomic mass is 19.4. The van der Waals surface area contributed by atoms with Crippen molar-refractivity contribution < 1.29 is 32.6 Å². The Balaban J connectivity index is 0.000000270. The second-order valence-corrected chi connectivity index (χ2v) is 4.26. The zero-order chi connectivity index (χ0) is 16.2. The molecule has 0 saturated heterocycles. The summed E-state index contributed by atoms with van der Waals surface area (Å²) in [5, 5.41) is 14.6. The van der Waals surface area contributed by atoms with Crippen LogP contribution in [0, 0.1) is 0 Å². The van der Waals surface area contributed by atoms with Gasteiger partial charge in [-0.1, -0.05) is 0 Å². The molecule has 0 radical (unpaired) electrons. The highest BCUT2D eigenvalue weighted by Gasteiger charge is 2.38. The molecule has 2 heterocycles. The van der Waals surface area contributed by atoms with E-state index in [9.17, 15) is 18.0 Å². The number of aromatic nitrogens is 2. The number of rotatable bonds is 1. The molecule has 2 rings (SSSR count). The molecule has 1 atom stereocenters. The van der Waals surface area contributed by atoms with E-state index in [4.69, 9.17) is 9.90 Å². The van der Waals surface area contributed by atoms with E-state index in [1.807, 2.05) is 4.68 Å². The number of fused-ring (bicyclic) bond motifs is 1. The molecule has 1 aliphatic heterocycles. The summed E-state index contributed by atoms with van der Waals surface area (Å²) in [7, 11) is 1.38. The van der Waals surface area contributed by atoms with Gasteiger partial charge in [-0.15, -0.1) is 0 Å². The summed E-state index contributed by atoms with van der Waals surface area (Å²) >= 11 is 0. The minimum Gasteiger partial charge on any atom is -0.475 e. The van der Waals surface area contributed by atoms with Gasteiger partial charge in [0.25, 0.3) is 0 Å². The van der Waals surface area contributed by atoms with Crippen molar-refractivity contribution in [2.75, 3.05) is 7.11 Å². The molecule has 0 unspecified atom stereocenters. The second-order valence-electron chi connectivity index (χ2n) is 4.26. The van der Waals surface area contributed by atoms with E-state index >= 15 is 0 Å². The lowest BCUT2D eigenvalue weighted by molar-refractivity contribution is -0.192. The number of nitrogens with zero attached hydrogens (tertiary/aromatic N) is 2. The van der Waals surface area contributed by atoms with E-state index in [0.29, 0.717) is 18.2 Å². The van der Waals surface area contributed by atoms with Crippen LogP contribution in [0.5, 0.6) is 0 Å². The van der Waals surface area contributed by atoms with Crippen LogP contribution in [-0.4, -0.2) is 46.2 Å². The zero-order valence-electron chi connectivity index (χ0n) is 11.3. The van der Waals surface area contributed by atoms with Crippen LogP contribution >= 0.6 is 0 Å². The standard InChI is InChI=1S/C9H13N3O2.C2HF3O2/c1-6-5-12-8(4-10-6)7(3-11-12)9(13)14-2;3-2(4,5)1(6)7/h3,6,10H,4-5H2,1-2H3;(H,6,7)/t6-;/m0./s1. The van der Waals surface area contributed by atoms with Gasteiger partial charge < -0.3 is 15.2 Å². The van der Waals surface area contributed by atoms with Gasteiger partial charge in [-0.2, -0.15) is 18.3 Å². The fourth-order valence-corrected chi connectivity index (χ4v) is 1.63. The van der Waals surface area contributed by atoms with Gasteiger partial charge in [0, 0.05) is 12.6 Å². The van der Waals surface area contributed by atoms with Crippen molar-refractivity contribution in [3.05, 3.63) is 17.5 Å². The first-order valence-electron chi connectivity index (χ1n) is 5.83. The Labute approximate surface area is 117 Å². The van der Waals surface area contributed by atoms with Crippen molar-refractivity contribution in [1.29, 1.82) is 0 Å². The van der Waals surface area contributed by atoms with Gasteiger partial charge in [0.05, 0.1) is 25.5 Å². The molecule has 0 aliphatic carbocycles. The Morgan fingerprint density at radius 1 is 1.52 bits per heavy atom. The molecule has 0 fully saturated rings. The summed E-state index contributed by atoms with van der Waals surface area (Å²) < 4.78 is 38.3. The monoisotopic (exact) mass is 309 g/mol. The van der Waals surface area contributed by atoms with Crippen LogP contribution in [0.4, 0.5) is 13.2 Å². The first-order valence-corrected chi connectivity index (χ1v) is 5.83. The van der Waals surface area contributed by atoms with E-state index in [0.717, 1.165) is 12.2 Å². The van der Waals surface area contributed by atoms with Crippen molar-refractivity contribution in [3.63, 3.8) is 0 Å². The molecule has 21 heavy (non-hydrogen) atoms. The van der Waals surface area contributed by atoms with Gasteiger partial charge in [0.2, 0.25) is 0 Å². The predicted molar refractivity (Wildman–Crippen MR) is 63.6 cm³/mol. The van der Waals surface area contributed by atoms with E-state index in [-0.39, 0.29) is 5.97 Å². The number of methoxy groups -OCH3 is 1. The SMILES string of the molecule is COC(=O)c1cnn2c1CN[C@@H](C)C2.O=C(O)C(F)(F)F. The van der Waals surface area contributed by atoms with Crippen LogP contribution in [-0.2, 0) is 22.6 Å². The normalized spacial score (nSPS) is 17.3. The topological polar surface area (TPSA) is 93.5 Å². The number of nitrogens with one attached hydrogen (secondary N) is 1. The Kier molecular flexibility index (Phi) is 5.30. The maximum Gasteiger partial charge on any atom is 0.490 e. The molecule has 0 amide bonds. The third-order valence-corrected chi connectivity index (χ3v) is 2.66. The summed E-state index contributed by atoms with van der Waals surface area (Å²) in [4.78, 5) is 20.2. The van der Waals surface area contributed by atoms with Crippen LogP contribution in [0.1, 0.15) is 23.0 Å². The third kappa shape index (κ3) is 4.45. The largest absolute Gasteiger partial charge is 0.490 e. The lowest BCUT2D eigenvalue weighted by Crippen LogP contribution is -2.37. The maximum absolute atomic E-state index is 11.3. The minimum absolute atomic E-state index is 0.317. The smallest absolute Gasteiger partial charge is 0.475 e. The van der Waals surface area contributed by atoms with E-state index in [1.165, 1.54) is 7.11 Å². The molecular formula is C11H14F3N3O4. The van der Waals surface area contributed by atoms with Crippen LogP contribution in [0.3, 0.4) is 0 Å².